The molecule has 1 fully saturated rings. The second-order valence-corrected chi connectivity index (χ2v) is 8.51. The van der Waals surface area contributed by atoms with E-state index < -0.39 is 17.9 Å². The number of hydrogen-bond donors (Lipinski definition) is 1. The van der Waals surface area contributed by atoms with E-state index in [4.69, 9.17) is 5.73 Å². The predicted octanol–water partition coefficient (Wildman–Crippen LogP) is 5.66. The van der Waals surface area contributed by atoms with Crippen LogP contribution in [0.15, 0.2) is 47.8 Å². The summed E-state index contributed by atoms with van der Waals surface area (Å²) in [4.78, 5) is 14.5. The zero-order chi connectivity index (χ0) is 22.3. The molecule has 31 heavy (non-hydrogen) atoms. The normalized spacial score (nSPS) is 14.6. The second kappa shape index (κ2) is 8.09. The molecule has 1 amide bonds. The van der Waals surface area contributed by atoms with Gasteiger partial charge < -0.3 is 10.6 Å². The molecule has 1 aromatic heterocycles. The molecule has 0 spiro atoms. The summed E-state index contributed by atoms with van der Waals surface area (Å²) in [6.45, 7) is 2.21. The topological polar surface area (TPSA) is 46.3 Å². The van der Waals surface area contributed by atoms with E-state index in [1.54, 1.807) is 42.6 Å². The molecule has 0 saturated carbocycles. The van der Waals surface area contributed by atoms with Crippen LogP contribution in [0.2, 0.25) is 0 Å². The summed E-state index contributed by atoms with van der Waals surface area (Å²) in [6, 6.07) is 10.6. The smallest absolute Gasteiger partial charge is 0.333 e. The number of thiophene rings is 1. The number of hydrogen-bond acceptors (Lipinski definition) is 3. The number of nitrogens with two attached hydrogens (primary N) is 1. The van der Waals surface area contributed by atoms with Gasteiger partial charge in [-0.3, -0.25) is 4.79 Å². The third-order valence-electron chi connectivity index (χ3n) is 5.53. The summed E-state index contributed by atoms with van der Waals surface area (Å²) in [5.74, 6) is -0.282. The maximum Gasteiger partial charge on any atom is 0.417 e. The van der Waals surface area contributed by atoms with Gasteiger partial charge in [-0.1, -0.05) is 24.3 Å². The molecule has 1 saturated heterocycles. The van der Waals surface area contributed by atoms with E-state index in [1.807, 2.05) is 0 Å². The summed E-state index contributed by atoms with van der Waals surface area (Å²) < 4.78 is 54.6. The van der Waals surface area contributed by atoms with E-state index in [2.05, 4.69) is 0 Å². The standard InChI is InChI=1S/C23H20F4N2OS/c1-13-19(12-31-21(13)9-28)18-7-6-16(8-20(18)23(25,26)27)14-2-4-15(5-3-14)22(30)29-10-17(24)11-29/h2-8,12,17H,9-11,28H2,1H3. The Bertz CT molecular complexity index is 1120. The van der Waals surface area contributed by atoms with Gasteiger partial charge in [0, 0.05) is 17.0 Å². The molecule has 162 valence electrons. The zero-order valence-corrected chi connectivity index (χ0v) is 17.5. The minimum absolute atomic E-state index is 0.0743. The Kier molecular flexibility index (Phi) is 5.61. The van der Waals surface area contributed by atoms with E-state index in [1.165, 1.54) is 22.3 Å². The Morgan fingerprint density at radius 3 is 2.29 bits per heavy atom. The molecule has 0 atom stereocenters. The van der Waals surface area contributed by atoms with E-state index >= 15 is 0 Å². The van der Waals surface area contributed by atoms with Gasteiger partial charge in [-0.25, -0.2) is 4.39 Å². The Labute approximate surface area is 181 Å². The van der Waals surface area contributed by atoms with Gasteiger partial charge >= 0.3 is 6.18 Å². The molecule has 2 N–H and O–H groups in total. The molecule has 0 radical (unpaired) electrons. The van der Waals surface area contributed by atoms with Crippen molar-refractivity contribution in [3.05, 3.63) is 69.4 Å². The Morgan fingerprint density at radius 2 is 1.74 bits per heavy atom. The molecule has 0 unspecified atom stereocenters. The van der Waals surface area contributed by atoms with Crippen LogP contribution in [0.1, 0.15) is 26.4 Å². The van der Waals surface area contributed by atoms with E-state index in [9.17, 15) is 22.4 Å². The molecule has 3 aromatic rings. The van der Waals surface area contributed by atoms with Gasteiger partial charge in [0.05, 0.1) is 18.7 Å². The van der Waals surface area contributed by atoms with E-state index in [-0.39, 0.29) is 31.1 Å². The molecule has 2 heterocycles. The summed E-state index contributed by atoms with van der Waals surface area (Å²) in [7, 11) is 0. The first-order valence-corrected chi connectivity index (χ1v) is 10.6. The maximum absolute atomic E-state index is 13.9. The van der Waals surface area contributed by atoms with Crippen molar-refractivity contribution < 1.29 is 22.4 Å². The number of halogens is 4. The largest absolute Gasteiger partial charge is 0.417 e. The van der Waals surface area contributed by atoms with Crippen molar-refractivity contribution in [1.82, 2.24) is 4.90 Å². The average molecular weight is 448 g/mol. The maximum atomic E-state index is 13.9. The SMILES string of the molecule is Cc1c(-c2ccc(-c3ccc(C(=O)N4CC(F)C4)cc3)cc2C(F)(F)F)csc1CN. The first-order valence-electron chi connectivity index (χ1n) is 9.71. The zero-order valence-electron chi connectivity index (χ0n) is 16.7. The van der Waals surface area contributed by atoms with Crippen LogP contribution in [0.3, 0.4) is 0 Å². The lowest BCUT2D eigenvalue weighted by Crippen LogP contribution is -2.51. The van der Waals surface area contributed by atoms with Gasteiger partial charge in [-0.15, -0.1) is 11.3 Å². The van der Waals surface area contributed by atoms with Crippen LogP contribution >= 0.6 is 11.3 Å². The van der Waals surface area contributed by atoms with Crippen LogP contribution in [0.25, 0.3) is 22.3 Å². The van der Waals surface area contributed by atoms with Crippen molar-refractivity contribution in [3.8, 4) is 22.3 Å². The van der Waals surface area contributed by atoms with Crippen LogP contribution < -0.4 is 5.73 Å². The Hall–Kier alpha value is -2.71. The molecule has 1 aliphatic rings. The fraction of sp³-hybridized carbons (Fsp3) is 0.261. The van der Waals surface area contributed by atoms with Crippen molar-refractivity contribution in [3.63, 3.8) is 0 Å². The fourth-order valence-electron chi connectivity index (χ4n) is 3.70. The highest BCUT2D eigenvalue weighted by Gasteiger charge is 2.35. The predicted molar refractivity (Wildman–Crippen MR) is 114 cm³/mol. The molecular formula is C23H20F4N2OS. The molecule has 2 aromatic carbocycles. The number of nitrogens with zero attached hydrogens (tertiary/aromatic N) is 1. The van der Waals surface area contributed by atoms with Gasteiger partial charge in [-0.2, -0.15) is 13.2 Å². The van der Waals surface area contributed by atoms with Crippen LogP contribution in [0.5, 0.6) is 0 Å². The minimum Gasteiger partial charge on any atom is -0.333 e. The molecule has 0 bridgehead atoms. The van der Waals surface area contributed by atoms with Gasteiger partial charge in [0.25, 0.3) is 5.91 Å². The molecular weight excluding hydrogens is 428 g/mol. The number of alkyl halides is 4. The monoisotopic (exact) mass is 448 g/mol. The lowest BCUT2D eigenvalue weighted by molar-refractivity contribution is -0.137. The molecule has 8 heteroatoms. The fourth-order valence-corrected chi connectivity index (χ4v) is 4.64. The molecule has 4 rings (SSSR count). The van der Waals surface area contributed by atoms with Crippen molar-refractivity contribution in [2.24, 2.45) is 5.73 Å². The van der Waals surface area contributed by atoms with Crippen molar-refractivity contribution in [1.29, 1.82) is 0 Å². The summed E-state index contributed by atoms with van der Waals surface area (Å²) >= 11 is 1.35. The molecule has 3 nitrogen and oxygen atoms in total. The van der Waals surface area contributed by atoms with Crippen LogP contribution in [0, 0.1) is 6.92 Å². The van der Waals surface area contributed by atoms with Crippen LogP contribution in [-0.4, -0.2) is 30.1 Å². The van der Waals surface area contributed by atoms with Crippen LogP contribution in [0.4, 0.5) is 17.6 Å². The Balaban J connectivity index is 1.68. The van der Waals surface area contributed by atoms with Gasteiger partial charge in [-0.05, 0) is 58.3 Å². The number of carbonyl (C=O) groups is 1. The second-order valence-electron chi connectivity index (χ2n) is 7.54. The lowest BCUT2D eigenvalue weighted by atomic mass is 9.93. The quantitative estimate of drug-likeness (QED) is 0.524. The number of benzene rings is 2. The highest BCUT2D eigenvalue weighted by Crippen LogP contribution is 2.42. The first-order chi connectivity index (χ1) is 14.7. The highest BCUT2D eigenvalue weighted by atomic mass is 32.1. The van der Waals surface area contributed by atoms with E-state index in [0.717, 1.165) is 16.5 Å². The summed E-state index contributed by atoms with van der Waals surface area (Å²) in [5.41, 5.74) is 7.71. The third kappa shape index (κ3) is 4.09. The summed E-state index contributed by atoms with van der Waals surface area (Å²) in [5, 5.41) is 1.71. The van der Waals surface area contributed by atoms with Gasteiger partial charge in [0.15, 0.2) is 0 Å². The third-order valence-corrected chi connectivity index (χ3v) is 6.64. The minimum atomic E-state index is -4.53. The van der Waals surface area contributed by atoms with Gasteiger partial charge in [0.1, 0.15) is 6.17 Å². The number of likely N-dealkylation sites (tertiary alicyclic amines) is 1. The van der Waals surface area contributed by atoms with Gasteiger partial charge in [0.2, 0.25) is 0 Å². The number of amides is 1. The molecule has 0 aliphatic carbocycles. The number of rotatable bonds is 4. The molecule has 1 aliphatic heterocycles. The van der Waals surface area contributed by atoms with Crippen molar-refractivity contribution in [2.75, 3.05) is 13.1 Å². The summed E-state index contributed by atoms with van der Waals surface area (Å²) in [6.07, 6.45) is -5.52. The first kappa shape index (κ1) is 21.5. The lowest BCUT2D eigenvalue weighted by Gasteiger charge is -2.34. The number of carbonyl (C=O) groups excluding carboxylic acids is 1. The van der Waals surface area contributed by atoms with E-state index in [0.29, 0.717) is 22.3 Å². The van der Waals surface area contributed by atoms with Crippen LogP contribution in [-0.2, 0) is 12.7 Å². The van der Waals surface area contributed by atoms with Crippen molar-refractivity contribution in [2.45, 2.75) is 25.8 Å². The highest BCUT2D eigenvalue weighted by molar-refractivity contribution is 7.10. The Morgan fingerprint density at radius 1 is 1.10 bits per heavy atom. The average Bonchev–Trinajstić information content (AvgIpc) is 3.10. The van der Waals surface area contributed by atoms with Crippen molar-refractivity contribution >= 4 is 17.2 Å².